The highest BCUT2D eigenvalue weighted by atomic mass is 35.5. The number of aryl methyl sites for hydroxylation is 1. The molecule has 0 radical (unpaired) electrons. The summed E-state index contributed by atoms with van der Waals surface area (Å²) in [6, 6.07) is 0. The van der Waals surface area contributed by atoms with Crippen LogP contribution in [0.1, 0.15) is 49.9 Å². The first kappa shape index (κ1) is 12.4. The number of hydrogen-bond donors (Lipinski definition) is 0. The molecule has 0 saturated carbocycles. The van der Waals surface area contributed by atoms with Crippen molar-refractivity contribution in [3.63, 3.8) is 0 Å². The topological polar surface area (TPSA) is 35.0 Å². The fourth-order valence-corrected chi connectivity index (χ4v) is 1.95. The molecule has 3 nitrogen and oxygen atoms in total. The summed E-state index contributed by atoms with van der Waals surface area (Å²) in [6.07, 6.45) is -0.123. The lowest BCUT2D eigenvalue weighted by atomic mass is 10.0. The van der Waals surface area contributed by atoms with E-state index in [-0.39, 0.29) is 6.10 Å². The number of ether oxygens (including phenoxy) is 1. The van der Waals surface area contributed by atoms with Crippen LogP contribution in [0.15, 0.2) is 0 Å². The van der Waals surface area contributed by atoms with Crippen LogP contribution in [0.5, 0.6) is 0 Å². The fraction of sp³-hybridized carbons (Fsp3) is 0.636. The third kappa shape index (κ3) is 2.67. The molecule has 0 fully saturated rings. The Morgan fingerprint density at radius 1 is 1.20 bits per heavy atom. The largest absolute Gasteiger partial charge is 0.374 e. The van der Waals surface area contributed by atoms with Gasteiger partial charge in [0.2, 0.25) is 0 Å². The van der Waals surface area contributed by atoms with Gasteiger partial charge in [0, 0.05) is 18.4 Å². The van der Waals surface area contributed by atoms with Gasteiger partial charge in [-0.2, -0.15) is 0 Å². The van der Waals surface area contributed by atoms with Crippen LogP contribution in [0.4, 0.5) is 0 Å². The lowest BCUT2D eigenvalue weighted by Crippen LogP contribution is -2.08. The van der Waals surface area contributed by atoms with E-state index >= 15 is 0 Å². The molecule has 1 aromatic heterocycles. The minimum atomic E-state index is -0.123. The maximum atomic E-state index is 6.12. The molecule has 1 heterocycles. The highest BCUT2D eigenvalue weighted by Gasteiger charge is 2.15. The lowest BCUT2D eigenvalue weighted by molar-refractivity contribution is 0.112. The zero-order valence-corrected chi connectivity index (χ0v) is 10.6. The zero-order chi connectivity index (χ0) is 11.6. The molecule has 84 valence electrons. The third-order valence-electron chi connectivity index (χ3n) is 2.40. The molecule has 0 spiro atoms. The third-order valence-corrected chi connectivity index (χ3v) is 2.69. The van der Waals surface area contributed by atoms with Gasteiger partial charge in [0.05, 0.1) is 0 Å². The average molecular weight is 229 g/mol. The summed E-state index contributed by atoms with van der Waals surface area (Å²) in [7, 11) is 1.63. The molecule has 1 rings (SSSR count). The average Bonchev–Trinajstić information content (AvgIpc) is 2.14. The summed E-state index contributed by atoms with van der Waals surface area (Å²) in [6.45, 7) is 8.02. The van der Waals surface area contributed by atoms with E-state index in [1.165, 1.54) is 0 Å². The Morgan fingerprint density at radius 2 is 1.80 bits per heavy atom. The molecule has 0 bridgehead atoms. The predicted molar refractivity (Wildman–Crippen MR) is 61.3 cm³/mol. The molecule has 15 heavy (non-hydrogen) atoms. The second kappa shape index (κ2) is 4.90. The van der Waals surface area contributed by atoms with Crippen molar-refractivity contribution >= 4 is 11.6 Å². The Morgan fingerprint density at radius 3 is 2.20 bits per heavy atom. The van der Waals surface area contributed by atoms with Gasteiger partial charge in [0.1, 0.15) is 11.3 Å². The summed E-state index contributed by atoms with van der Waals surface area (Å²) < 4.78 is 5.16. The van der Waals surface area contributed by atoms with Gasteiger partial charge < -0.3 is 4.74 Å². The van der Waals surface area contributed by atoms with Gasteiger partial charge in [0.25, 0.3) is 0 Å². The van der Waals surface area contributed by atoms with Crippen LogP contribution < -0.4 is 0 Å². The van der Waals surface area contributed by atoms with Crippen LogP contribution in [-0.4, -0.2) is 17.1 Å². The zero-order valence-electron chi connectivity index (χ0n) is 9.84. The Balaban J connectivity index is 3.19. The van der Waals surface area contributed by atoms with Gasteiger partial charge in [-0.25, -0.2) is 9.97 Å². The van der Waals surface area contributed by atoms with E-state index in [4.69, 9.17) is 16.3 Å². The Bertz CT molecular complexity index is 329. The summed E-state index contributed by atoms with van der Waals surface area (Å²) in [4.78, 5) is 8.66. The Kier molecular flexibility index (Phi) is 4.05. The number of rotatable bonds is 3. The van der Waals surface area contributed by atoms with Crippen molar-refractivity contribution in [3.05, 3.63) is 22.2 Å². The van der Waals surface area contributed by atoms with Crippen LogP contribution in [-0.2, 0) is 4.74 Å². The van der Waals surface area contributed by atoms with Gasteiger partial charge in [-0.3, -0.25) is 0 Å². The first-order valence-corrected chi connectivity index (χ1v) is 5.41. The highest BCUT2D eigenvalue weighted by Crippen LogP contribution is 2.26. The van der Waals surface area contributed by atoms with Crippen molar-refractivity contribution in [2.24, 2.45) is 0 Å². The standard InChI is InChI=1S/C11H17ClN2O/c1-6(2)9-7(3)13-11(8(4)15-5)14-10(9)12/h6,8H,1-5H3. The highest BCUT2D eigenvalue weighted by molar-refractivity contribution is 6.30. The summed E-state index contributed by atoms with van der Waals surface area (Å²) in [5.41, 5.74) is 1.95. The molecule has 0 N–H and O–H groups in total. The van der Waals surface area contributed by atoms with Gasteiger partial charge >= 0.3 is 0 Å². The number of halogens is 1. The van der Waals surface area contributed by atoms with Crippen molar-refractivity contribution in [3.8, 4) is 0 Å². The molecule has 0 aliphatic carbocycles. The lowest BCUT2D eigenvalue weighted by Gasteiger charge is -2.14. The second-order valence-corrected chi connectivity index (χ2v) is 4.26. The van der Waals surface area contributed by atoms with Gasteiger partial charge in [-0.15, -0.1) is 0 Å². The molecule has 1 atom stereocenters. The molecule has 1 aromatic rings. The number of aromatic nitrogens is 2. The van der Waals surface area contributed by atoms with Crippen molar-refractivity contribution < 1.29 is 4.74 Å². The fourth-order valence-electron chi connectivity index (χ4n) is 1.51. The normalized spacial score (nSPS) is 13.3. The van der Waals surface area contributed by atoms with E-state index in [9.17, 15) is 0 Å². The smallest absolute Gasteiger partial charge is 0.158 e. The minimum absolute atomic E-state index is 0.123. The molecule has 0 aliphatic heterocycles. The van der Waals surface area contributed by atoms with E-state index in [0.717, 1.165) is 11.3 Å². The molecule has 1 unspecified atom stereocenters. The molecule has 0 aliphatic rings. The Hall–Kier alpha value is -0.670. The minimum Gasteiger partial charge on any atom is -0.374 e. The van der Waals surface area contributed by atoms with E-state index in [1.54, 1.807) is 7.11 Å². The van der Waals surface area contributed by atoms with E-state index in [2.05, 4.69) is 23.8 Å². The summed E-state index contributed by atoms with van der Waals surface area (Å²) in [5, 5.41) is 0.538. The predicted octanol–water partition coefficient (Wildman–Crippen LogP) is 3.27. The quantitative estimate of drug-likeness (QED) is 0.745. The first-order valence-electron chi connectivity index (χ1n) is 5.04. The molecule has 0 aromatic carbocycles. The van der Waals surface area contributed by atoms with E-state index in [1.807, 2.05) is 13.8 Å². The van der Waals surface area contributed by atoms with Gasteiger partial charge in [-0.1, -0.05) is 25.4 Å². The van der Waals surface area contributed by atoms with Crippen LogP contribution in [0.25, 0.3) is 0 Å². The van der Waals surface area contributed by atoms with E-state index < -0.39 is 0 Å². The molecular weight excluding hydrogens is 212 g/mol. The molecule has 0 saturated heterocycles. The van der Waals surface area contributed by atoms with Crippen LogP contribution in [0, 0.1) is 6.92 Å². The maximum absolute atomic E-state index is 6.12. The van der Waals surface area contributed by atoms with Crippen molar-refractivity contribution in [2.75, 3.05) is 7.11 Å². The van der Waals surface area contributed by atoms with Crippen LogP contribution in [0.3, 0.4) is 0 Å². The summed E-state index contributed by atoms with van der Waals surface area (Å²) >= 11 is 6.12. The summed E-state index contributed by atoms with van der Waals surface area (Å²) in [5.74, 6) is 0.980. The monoisotopic (exact) mass is 228 g/mol. The van der Waals surface area contributed by atoms with Crippen LogP contribution in [0.2, 0.25) is 5.15 Å². The van der Waals surface area contributed by atoms with Crippen molar-refractivity contribution in [1.82, 2.24) is 9.97 Å². The van der Waals surface area contributed by atoms with Gasteiger partial charge in [0.15, 0.2) is 5.82 Å². The maximum Gasteiger partial charge on any atom is 0.158 e. The SMILES string of the molecule is COC(C)c1nc(C)c(C(C)C)c(Cl)n1. The number of hydrogen-bond acceptors (Lipinski definition) is 3. The van der Waals surface area contributed by atoms with E-state index in [0.29, 0.717) is 16.9 Å². The van der Waals surface area contributed by atoms with Crippen molar-refractivity contribution in [2.45, 2.75) is 39.7 Å². The number of nitrogens with zero attached hydrogens (tertiary/aromatic N) is 2. The molecule has 0 amide bonds. The molecule has 4 heteroatoms. The van der Waals surface area contributed by atoms with Crippen LogP contribution >= 0.6 is 11.6 Å². The Labute approximate surface area is 95.8 Å². The van der Waals surface area contributed by atoms with Crippen molar-refractivity contribution in [1.29, 1.82) is 0 Å². The number of methoxy groups -OCH3 is 1. The first-order chi connectivity index (χ1) is 6.97. The molecular formula is C11H17ClN2O. The van der Waals surface area contributed by atoms with Gasteiger partial charge in [-0.05, 0) is 19.8 Å². The second-order valence-electron chi connectivity index (χ2n) is 3.90.